The molecule has 2 unspecified atom stereocenters. The number of aliphatic carboxylic acids is 1. The van der Waals surface area contributed by atoms with Crippen molar-refractivity contribution in [2.75, 3.05) is 6.61 Å². The highest BCUT2D eigenvalue weighted by Crippen LogP contribution is 2.45. The molecule has 39 heavy (non-hydrogen) atoms. The minimum atomic E-state index is -1.00. The quantitative estimate of drug-likeness (QED) is 0.266. The summed E-state index contributed by atoms with van der Waals surface area (Å²) in [5, 5.41) is 21.9. The molecule has 1 aliphatic carbocycles. The Hall–Kier alpha value is -2.29. The second kappa shape index (κ2) is 14.4. The summed E-state index contributed by atoms with van der Waals surface area (Å²) in [4.78, 5) is 37.6. The van der Waals surface area contributed by atoms with Gasteiger partial charge in [0, 0.05) is 6.42 Å². The Balaban J connectivity index is 1.31. The van der Waals surface area contributed by atoms with E-state index in [-0.39, 0.29) is 42.2 Å². The van der Waals surface area contributed by atoms with E-state index >= 15 is 0 Å². The molecule has 0 radical (unpaired) electrons. The first-order valence-corrected chi connectivity index (χ1v) is 15.0. The van der Waals surface area contributed by atoms with Crippen LogP contribution >= 0.6 is 0 Å². The molecule has 3 aliphatic rings. The standard InChI is InChI=1S/C31H46N2O6/c32-24(12-6-9-20-7-2-1-3-8-20)30(37)25(19-34)33-31(38)29-23(26-16-17-27(29)39-26)15-13-21-10-4-5-11-22(21)14-18-28(35)36/h4-5,10-11,20,23-27,29,34H,1-3,6-9,12-19,32H2,(H,33,38)(H,35,36)/t23-,24?,25?,26-,27+,29-/m1/s1. The number of carbonyl (C=O) groups excluding carboxylic acids is 2. The molecule has 3 fully saturated rings. The summed E-state index contributed by atoms with van der Waals surface area (Å²) in [6.45, 7) is -0.468. The molecular weight excluding hydrogens is 496 g/mol. The molecule has 1 aromatic rings. The zero-order valence-corrected chi connectivity index (χ0v) is 23.1. The number of hydrogen-bond donors (Lipinski definition) is 4. The van der Waals surface area contributed by atoms with Crippen molar-refractivity contribution in [1.29, 1.82) is 0 Å². The van der Waals surface area contributed by atoms with Gasteiger partial charge in [-0.2, -0.15) is 0 Å². The van der Waals surface area contributed by atoms with Crippen molar-refractivity contribution < 1.29 is 29.3 Å². The summed E-state index contributed by atoms with van der Waals surface area (Å²) in [6.07, 6.45) is 12.5. The Morgan fingerprint density at radius 1 is 0.974 bits per heavy atom. The molecule has 6 atom stereocenters. The smallest absolute Gasteiger partial charge is 0.303 e. The zero-order valence-electron chi connectivity index (χ0n) is 23.1. The number of hydrogen-bond acceptors (Lipinski definition) is 6. The molecule has 8 nitrogen and oxygen atoms in total. The SMILES string of the molecule is NC(CCCC1CCCCC1)C(=O)C(CO)NC(=O)[C@@H]1[C@H](CCc2ccccc2CCC(=O)O)[C@H]2CC[C@@H]1O2. The van der Waals surface area contributed by atoms with E-state index in [1.165, 1.54) is 32.1 Å². The third-order valence-corrected chi connectivity index (χ3v) is 9.26. The lowest BCUT2D eigenvalue weighted by Gasteiger charge is -2.29. The maximum atomic E-state index is 13.5. The Morgan fingerprint density at radius 3 is 2.36 bits per heavy atom. The molecular formula is C31H46N2O6. The summed E-state index contributed by atoms with van der Waals surface area (Å²) in [5.74, 6) is -1.00. The Kier molecular flexibility index (Phi) is 10.9. The van der Waals surface area contributed by atoms with E-state index in [4.69, 9.17) is 15.6 Å². The summed E-state index contributed by atoms with van der Waals surface area (Å²) in [6, 6.07) is 6.17. The fourth-order valence-electron chi connectivity index (χ4n) is 7.09. The fraction of sp³-hybridized carbons (Fsp3) is 0.710. The van der Waals surface area contributed by atoms with Gasteiger partial charge in [0.05, 0.1) is 30.8 Å². The number of aliphatic hydroxyl groups excluding tert-OH is 1. The van der Waals surface area contributed by atoms with Crippen molar-refractivity contribution in [3.05, 3.63) is 35.4 Å². The van der Waals surface area contributed by atoms with Crippen LogP contribution in [0.3, 0.4) is 0 Å². The van der Waals surface area contributed by atoms with Crippen LogP contribution in [0.2, 0.25) is 0 Å². The number of carboxylic acid groups (broad SMARTS) is 1. The van der Waals surface area contributed by atoms with E-state index in [0.29, 0.717) is 12.8 Å². The van der Waals surface area contributed by atoms with Crippen LogP contribution in [0.25, 0.3) is 0 Å². The highest BCUT2D eigenvalue weighted by Gasteiger charge is 2.52. The molecule has 1 aromatic carbocycles. The number of nitrogens with one attached hydrogen (secondary N) is 1. The number of benzene rings is 1. The lowest BCUT2D eigenvalue weighted by Crippen LogP contribution is -2.53. The van der Waals surface area contributed by atoms with Crippen molar-refractivity contribution in [1.82, 2.24) is 5.32 Å². The number of ketones is 1. The van der Waals surface area contributed by atoms with Gasteiger partial charge in [-0.15, -0.1) is 0 Å². The number of fused-ring (bicyclic) bond motifs is 2. The minimum Gasteiger partial charge on any atom is -0.481 e. The molecule has 216 valence electrons. The second-order valence-corrected chi connectivity index (χ2v) is 11.9. The number of carboxylic acids is 1. The van der Waals surface area contributed by atoms with Gasteiger partial charge < -0.3 is 26.0 Å². The number of carbonyl (C=O) groups is 3. The first-order chi connectivity index (χ1) is 18.9. The summed E-state index contributed by atoms with van der Waals surface area (Å²) < 4.78 is 6.14. The van der Waals surface area contributed by atoms with Crippen LogP contribution in [-0.2, 0) is 32.0 Å². The average molecular weight is 543 g/mol. The van der Waals surface area contributed by atoms with Crippen molar-refractivity contribution in [2.45, 2.75) is 114 Å². The predicted octanol–water partition coefficient (Wildman–Crippen LogP) is 3.55. The number of nitrogens with two attached hydrogens (primary N) is 1. The molecule has 2 saturated heterocycles. The Morgan fingerprint density at radius 2 is 1.67 bits per heavy atom. The summed E-state index contributed by atoms with van der Waals surface area (Å²) in [7, 11) is 0. The third kappa shape index (κ3) is 7.89. The van der Waals surface area contributed by atoms with E-state index in [0.717, 1.165) is 55.6 Å². The van der Waals surface area contributed by atoms with Crippen LogP contribution in [0.5, 0.6) is 0 Å². The third-order valence-electron chi connectivity index (χ3n) is 9.26. The second-order valence-electron chi connectivity index (χ2n) is 11.9. The van der Waals surface area contributed by atoms with Gasteiger partial charge >= 0.3 is 5.97 Å². The van der Waals surface area contributed by atoms with Gasteiger partial charge in [0.2, 0.25) is 5.91 Å². The molecule has 8 heteroatoms. The zero-order chi connectivity index (χ0) is 27.8. The highest BCUT2D eigenvalue weighted by atomic mass is 16.5. The summed E-state index contributed by atoms with van der Waals surface area (Å²) >= 11 is 0. The van der Waals surface area contributed by atoms with Crippen LogP contribution in [0.1, 0.15) is 88.2 Å². The normalized spacial score (nSPS) is 26.3. The largest absolute Gasteiger partial charge is 0.481 e. The molecule has 2 aliphatic heterocycles. The van der Waals surface area contributed by atoms with Crippen molar-refractivity contribution >= 4 is 17.7 Å². The van der Waals surface area contributed by atoms with Gasteiger partial charge in [0.25, 0.3) is 0 Å². The molecule has 2 heterocycles. The molecule has 1 amide bonds. The first-order valence-electron chi connectivity index (χ1n) is 15.0. The molecule has 4 rings (SSSR count). The molecule has 0 aromatic heterocycles. The molecule has 0 spiro atoms. The topological polar surface area (TPSA) is 139 Å². The van der Waals surface area contributed by atoms with Gasteiger partial charge in [-0.25, -0.2) is 0 Å². The first kappa shape index (κ1) is 29.7. The van der Waals surface area contributed by atoms with Crippen LogP contribution in [0.15, 0.2) is 24.3 Å². The van der Waals surface area contributed by atoms with Gasteiger partial charge in [-0.3, -0.25) is 14.4 Å². The maximum absolute atomic E-state index is 13.5. The lowest BCUT2D eigenvalue weighted by atomic mass is 9.75. The van der Waals surface area contributed by atoms with E-state index < -0.39 is 24.7 Å². The average Bonchev–Trinajstić information content (AvgIpc) is 3.56. The van der Waals surface area contributed by atoms with Crippen LogP contribution < -0.4 is 11.1 Å². The lowest BCUT2D eigenvalue weighted by molar-refractivity contribution is -0.137. The van der Waals surface area contributed by atoms with E-state index in [1.807, 2.05) is 24.3 Å². The van der Waals surface area contributed by atoms with E-state index in [2.05, 4.69) is 5.32 Å². The van der Waals surface area contributed by atoms with Gasteiger partial charge in [0.1, 0.15) is 6.04 Å². The van der Waals surface area contributed by atoms with Gasteiger partial charge in [-0.1, -0.05) is 69.2 Å². The van der Waals surface area contributed by atoms with E-state index in [1.54, 1.807) is 0 Å². The fourth-order valence-corrected chi connectivity index (χ4v) is 7.09. The van der Waals surface area contributed by atoms with Gasteiger partial charge in [0.15, 0.2) is 5.78 Å². The maximum Gasteiger partial charge on any atom is 0.303 e. The predicted molar refractivity (Wildman–Crippen MR) is 148 cm³/mol. The number of ether oxygens (including phenoxy) is 1. The van der Waals surface area contributed by atoms with Crippen LogP contribution in [-0.4, -0.2) is 58.8 Å². The number of aliphatic hydroxyl groups is 1. The van der Waals surface area contributed by atoms with Crippen LogP contribution in [0.4, 0.5) is 0 Å². The Labute approximate surface area is 232 Å². The van der Waals surface area contributed by atoms with Crippen molar-refractivity contribution in [3.8, 4) is 0 Å². The number of amides is 1. The summed E-state index contributed by atoms with van der Waals surface area (Å²) in [5.41, 5.74) is 8.34. The monoisotopic (exact) mass is 542 g/mol. The number of aryl methyl sites for hydroxylation is 2. The van der Waals surface area contributed by atoms with Crippen molar-refractivity contribution in [3.63, 3.8) is 0 Å². The van der Waals surface area contributed by atoms with Crippen molar-refractivity contribution in [2.24, 2.45) is 23.5 Å². The minimum absolute atomic E-state index is 0.00209. The Bertz CT molecular complexity index is 978. The van der Waals surface area contributed by atoms with Gasteiger partial charge in [-0.05, 0) is 61.5 Å². The molecule has 1 saturated carbocycles. The molecule has 5 N–H and O–H groups in total. The number of Topliss-reactive ketones (excluding diaryl/α,β-unsaturated/α-hetero) is 1. The highest BCUT2D eigenvalue weighted by molar-refractivity contribution is 5.93. The molecule has 2 bridgehead atoms. The van der Waals surface area contributed by atoms with E-state index in [9.17, 15) is 19.5 Å². The van der Waals surface area contributed by atoms with Crippen LogP contribution in [0, 0.1) is 17.8 Å². The number of rotatable bonds is 15.